The van der Waals surface area contributed by atoms with Crippen molar-refractivity contribution in [2.75, 3.05) is 12.4 Å². The zero-order chi connectivity index (χ0) is 18.3. The summed E-state index contributed by atoms with van der Waals surface area (Å²) in [6.07, 6.45) is 2.05. The summed E-state index contributed by atoms with van der Waals surface area (Å²) < 4.78 is 0. The fourth-order valence-corrected chi connectivity index (χ4v) is 4.30. The number of aryl methyl sites for hydroxylation is 1. The van der Waals surface area contributed by atoms with E-state index in [1.165, 1.54) is 11.3 Å². The molecule has 3 heterocycles. The molecule has 1 atom stereocenters. The van der Waals surface area contributed by atoms with Gasteiger partial charge in [-0.15, -0.1) is 11.3 Å². The molecule has 2 amide bonds. The van der Waals surface area contributed by atoms with Crippen molar-refractivity contribution in [2.45, 2.75) is 19.3 Å². The minimum absolute atomic E-state index is 0.122. The molecule has 26 heavy (non-hydrogen) atoms. The number of fused-ring (bicyclic) bond motifs is 1. The Balaban J connectivity index is 1.78. The van der Waals surface area contributed by atoms with Crippen LogP contribution in [0.25, 0.3) is 10.6 Å². The van der Waals surface area contributed by atoms with Gasteiger partial charge in [-0.3, -0.25) is 14.7 Å². The molecule has 7 nitrogen and oxygen atoms in total. The van der Waals surface area contributed by atoms with Crippen LogP contribution in [0.4, 0.5) is 5.82 Å². The monoisotopic (exact) mass is 367 g/mol. The van der Waals surface area contributed by atoms with E-state index < -0.39 is 0 Å². The van der Waals surface area contributed by atoms with Crippen LogP contribution in [0.5, 0.6) is 0 Å². The Labute approximate surface area is 153 Å². The third-order valence-corrected chi connectivity index (χ3v) is 5.64. The summed E-state index contributed by atoms with van der Waals surface area (Å²) >= 11 is 1.54. The van der Waals surface area contributed by atoms with Crippen molar-refractivity contribution in [1.82, 2.24) is 20.5 Å². The van der Waals surface area contributed by atoms with Gasteiger partial charge in [-0.05, 0) is 12.5 Å². The van der Waals surface area contributed by atoms with Gasteiger partial charge in [0.1, 0.15) is 10.7 Å². The Hall–Kier alpha value is -3.00. The van der Waals surface area contributed by atoms with Crippen LogP contribution < -0.4 is 10.6 Å². The van der Waals surface area contributed by atoms with Crippen molar-refractivity contribution >= 4 is 29.0 Å². The second-order valence-corrected chi connectivity index (χ2v) is 7.19. The van der Waals surface area contributed by atoms with Crippen molar-refractivity contribution in [1.29, 1.82) is 0 Å². The number of benzene rings is 1. The molecular weight excluding hydrogens is 350 g/mol. The highest BCUT2D eigenvalue weighted by Crippen LogP contribution is 2.41. The Kier molecular flexibility index (Phi) is 4.04. The van der Waals surface area contributed by atoms with Gasteiger partial charge in [0.05, 0.1) is 0 Å². The zero-order valence-corrected chi connectivity index (χ0v) is 15.1. The molecule has 0 bridgehead atoms. The lowest BCUT2D eigenvalue weighted by atomic mass is 9.90. The lowest BCUT2D eigenvalue weighted by molar-refractivity contribution is -0.116. The molecule has 0 saturated carbocycles. The topological polar surface area (TPSA) is 99.8 Å². The van der Waals surface area contributed by atoms with E-state index >= 15 is 0 Å². The summed E-state index contributed by atoms with van der Waals surface area (Å²) in [5.41, 5.74) is 3.30. The lowest BCUT2D eigenvalue weighted by Crippen LogP contribution is -2.26. The maximum Gasteiger partial charge on any atom is 0.269 e. The highest BCUT2D eigenvalue weighted by Gasteiger charge is 2.34. The predicted molar refractivity (Wildman–Crippen MR) is 99.4 cm³/mol. The molecule has 0 spiro atoms. The highest BCUT2D eigenvalue weighted by molar-refractivity contribution is 7.15. The molecule has 0 radical (unpaired) electrons. The second kappa shape index (κ2) is 6.38. The summed E-state index contributed by atoms with van der Waals surface area (Å²) in [5, 5.41) is 13.1. The number of aromatic amines is 1. The highest BCUT2D eigenvalue weighted by atomic mass is 32.1. The number of anilines is 1. The van der Waals surface area contributed by atoms with Gasteiger partial charge < -0.3 is 10.6 Å². The zero-order valence-electron chi connectivity index (χ0n) is 14.3. The number of nitrogens with zero attached hydrogens (tertiary/aromatic N) is 2. The van der Waals surface area contributed by atoms with Gasteiger partial charge in [0.2, 0.25) is 5.91 Å². The van der Waals surface area contributed by atoms with E-state index in [2.05, 4.69) is 25.8 Å². The second-order valence-electron chi connectivity index (χ2n) is 6.13. The lowest BCUT2D eigenvalue weighted by Gasteiger charge is -2.21. The number of hydrogen-bond acceptors (Lipinski definition) is 5. The van der Waals surface area contributed by atoms with Gasteiger partial charge in [-0.25, -0.2) is 4.98 Å². The van der Waals surface area contributed by atoms with E-state index in [0.29, 0.717) is 17.1 Å². The summed E-state index contributed by atoms with van der Waals surface area (Å²) in [4.78, 5) is 29.8. The molecule has 1 aliphatic rings. The quantitative estimate of drug-likeness (QED) is 0.663. The Morgan fingerprint density at radius 2 is 2.15 bits per heavy atom. The summed E-state index contributed by atoms with van der Waals surface area (Å²) in [5.74, 6) is -0.220. The Morgan fingerprint density at radius 3 is 2.92 bits per heavy atom. The summed E-state index contributed by atoms with van der Waals surface area (Å²) in [6, 6.07) is 8.05. The normalized spacial score (nSPS) is 16.1. The first-order chi connectivity index (χ1) is 12.6. The van der Waals surface area contributed by atoms with Gasteiger partial charge in [0, 0.05) is 41.6 Å². The number of thiazole rings is 1. The molecule has 1 aliphatic heterocycles. The minimum atomic E-state index is -0.261. The van der Waals surface area contributed by atoms with E-state index in [-0.39, 0.29) is 24.2 Å². The van der Waals surface area contributed by atoms with Crippen molar-refractivity contribution < 1.29 is 9.59 Å². The maximum atomic E-state index is 12.2. The maximum absolute atomic E-state index is 12.2. The van der Waals surface area contributed by atoms with E-state index in [1.807, 2.05) is 31.2 Å². The standard InChI is InChI=1S/C18H17N5O2S/c1-9-5-3-4-6-10(9)18-20-8-12(26-18)11-7-13(24)21-16-14(11)15(22-23-16)17(25)19-2/h3-6,8,11H,7H2,1-2H3,(H,19,25)(H2,21,22,23,24). The number of amides is 2. The predicted octanol–water partition coefficient (Wildman–Crippen LogP) is 2.68. The molecule has 3 aromatic rings. The fraction of sp³-hybridized carbons (Fsp3) is 0.222. The molecule has 2 aromatic heterocycles. The Bertz CT molecular complexity index is 1010. The van der Waals surface area contributed by atoms with E-state index in [4.69, 9.17) is 0 Å². The molecule has 1 aromatic carbocycles. The first kappa shape index (κ1) is 16.5. The smallest absolute Gasteiger partial charge is 0.269 e. The van der Waals surface area contributed by atoms with E-state index in [0.717, 1.165) is 21.0 Å². The molecule has 1 unspecified atom stereocenters. The summed E-state index contributed by atoms with van der Waals surface area (Å²) in [7, 11) is 1.56. The number of aromatic nitrogens is 3. The number of carbonyl (C=O) groups excluding carboxylic acids is 2. The van der Waals surface area contributed by atoms with Crippen LogP contribution in [0.2, 0.25) is 0 Å². The average molecular weight is 367 g/mol. The number of nitrogens with one attached hydrogen (secondary N) is 3. The number of H-pyrrole nitrogens is 1. The minimum Gasteiger partial charge on any atom is -0.354 e. The van der Waals surface area contributed by atoms with Crippen molar-refractivity contribution in [3.8, 4) is 10.6 Å². The van der Waals surface area contributed by atoms with E-state index in [1.54, 1.807) is 13.2 Å². The molecular formula is C18H17N5O2S. The molecule has 0 saturated heterocycles. The van der Waals surface area contributed by atoms with Crippen LogP contribution in [-0.2, 0) is 4.79 Å². The van der Waals surface area contributed by atoms with Crippen molar-refractivity contribution in [3.05, 3.63) is 52.2 Å². The molecule has 0 aliphatic carbocycles. The average Bonchev–Trinajstić information content (AvgIpc) is 3.28. The van der Waals surface area contributed by atoms with Crippen LogP contribution in [0.3, 0.4) is 0 Å². The molecule has 8 heteroatoms. The summed E-state index contributed by atoms with van der Waals surface area (Å²) in [6.45, 7) is 2.04. The van der Waals surface area contributed by atoms with Crippen LogP contribution in [0.1, 0.15) is 38.8 Å². The molecule has 0 fully saturated rings. The van der Waals surface area contributed by atoms with Crippen LogP contribution >= 0.6 is 11.3 Å². The third-order valence-electron chi connectivity index (χ3n) is 4.50. The van der Waals surface area contributed by atoms with Crippen LogP contribution in [0, 0.1) is 6.92 Å². The fourth-order valence-electron chi connectivity index (χ4n) is 3.18. The van der Waals surface area contributed by atoms with Crippen LogP contribution in [0.15, 0.2) is 30.5 Å². The van der Waals surface area contributed by atoms with Crippen molar-refractivity contribution in [3.63, 3.8) is 0 Å². The first-order valence-electron chi connectivity index (χ1n) is 8.20. The van der Waals surface area contributed by atoms with Gasteiger partial charge in [0.25, 0.3) is 5.91 Å². The van der Waals surface area contributed by atoms with Crippen molar-refractivity contribution in [2.24, 2.45) is 0 Å². The van der Waals surface area contributed by atoms with Gasteiger partial charge in [0.15, 0.2) is 5.82 Å². The molecule has 132 valence electrons. The van der Waals surface area contributed by atoms with Crippen LogP contribution in [-0.4, -0.2) is 34.0 Å². The van der Waals surface area contributed by atoms with Gasteiger partial charge in [-0.2, -0.15) is 5.10 Å². The third kappa shape index (κ3) is 2.68. The number of carbonyl (C=O) groups is 2. The molecule has 4 rings (SSSR count). The van der Waals surface area contributed by atoms with Gasteiger partial charge >= 0.3 is 0 Å². The molecule has 3 N–H and O–H groups in total. The number of rotatable bonds is 3. The number of hydrogen-bond donors (Lipinski definition) is 3. The Morgan fingerprint density at radius 1 is 1.35 bits per heavy atom. The van der Waals surface area contributed by atoms with Gasteiger partial charge in [-0.1, -0.05) is 24.3 Å². The first-order valence-corrected chi connectivity index (χ1v) is 9.02. The van der Waals surface area contributed by atoms with E-state index in [9.17, 15) is 9.59 Å². The largest absolute Gasteiger partial charge is 0.354 e. The SMILES string of the molecule is CNC(=O)c1[nH]nc2c1C(c1cnc(-c3ccccc3C)s1)CC(=O)N2.